The second-order valence-corrected chi connectivity index (χ2v) is 5.78. The van der Waals surface area contributed by atoms with Crippen LogP contribution in [0.2, 0.25) is 0 Å². The fourth-order valence-electron chi connectivity index (χ4n) is 2.59. The summed E-state index contributed by atoms with van der Waals surface area (Å²) in [7, 11) is 1.70. The van der Waals surface area contributed by atoms with Gasteiger partial charge in [-0.25, -0.2) is 4.98 Å². The van der Waals surface area contributed by atoms with Crippen molar-refractivity contribution in [1.82, 2.24) is 9.97 Å². The molecule has 0 fully saturated rings. The number of methoxy groups -OCH3 is 1. The van der Waals surface area contributed by atoms with Crippen molar-refractivity contribution in [2.24, 2.45) is 0 Å². The number of aryl methyl sites for hydroxylation is 3. The lowest BCUT2D eigenvalue weighted by Gasteiger charge is -2.16. The molecule has 0 aliphatic carbocycles. The molecule has 0 atom stereocenters. The van der Waals surface area contributed by atoms with E-state index in [4.69, 9.17) is 17.0 Å². The van der Waals surface area contributed by atoms with Gasteiger partial charge in [0.2, 0.25) is 0 Å². The molecule has 0 saturated heterocycles. The van der Waals surface area contributed by atoms with Crippen molar-refractivity contribution in [3.63, 3.8) is 0 Å². The van der Waals surface area contributed by atoms with Crippen molar-refractivity contribution in [3.05, 3.63) is 39.3 Å². The largest absolute Gasteiger partial charge is 0.496 e. The third-order valence-corrected chi connectivity index (χ3v) is 4.00. The van der Waals surface area contributed by atoms with Gasteiger partial charge in [0.05, 0.1) is 12.8 Å². The molecule has 0 unspecified atom stereocenters. The number of nitrogens with zero attached hydrogens (tertiary/aromatic N) is 1. The Morgan fingerprint density at radius 2 is 1.95 bits per heavy atom. The molecule has 112 valence electrons. The fourth-order valence-corrected chi connectivity index (χ4v) is 2.81. The highest BCUT2D eigenvalue weighted by molar-refractivity contribution is 7.71. The van der Waals surface area contributed by atoms with Gasteiger partial charge in [0.25, 0.3) is 0 Å². The Morgan fingerprint density at radius 1 is 1.24 bits per heavy atom. The lowest BCUT2D eigenvalue weighted by atomic mass is 9.99. The quantitative estimate of drug-likeness (QED) is 0.832. The summed E-state index contributed by atoms with van der Waals surface area (Å²) >= 11 is 5.42. The first-order chi connectivity index (χ1) is 9.97. The Hall–Kier alpha value is -1.68. The molecule has 3 nitrogen and oxygen atoms in total. The topological polar surface area (TPSA) is 37.9 Å². The maximum Gasteiger partial charge on any atom is 0.133 e. The molecule has 1 aromatic heterocycles. The van der Waals surface area contributed by atoms with Crippen molar-refractivity contribution in [2.45, 2.75) is 40.5 Å². The number of rotatable bonds is 4. The number of aromatic amines is 1. The lowest BCUT2D eigenvalue weighted by Crippen LogP contribution is -2.03. The first-order valence-corrected chi connectivity index (χ1v) is 7.64. The Bertz CT molecular complexity index is 719. The predicted octanol–water partition coefficient (Wildman–Crippen LogP) is 4.69. The van der Waals surface area contributed by atoms with E-state index in [1.165, 1.54) is 11.1 Å². The van der Waals surface area contributed by atoms with Crippen molar-refractivity contribution in [3.8, 4) is 17.0 Å². The second-order valence-electron chi connectivity index (χ2n) is 5.40. The van der Waals surface area contributed by atoms with E-state index in [0.29, 0.717) is 4.64 Å². The van der Waals surface area contributed by atoms with Gasteiger partial charge in [-0.15, -0.1) is 0 Å². The molecule has 0 amide bonds. The van der Waals surface area contributed by atoms with Crippen LogP contribution in [0.5, 0.6) is 5.75 Å². The van der Waals surface area contributed by atoms with Gasteiger partial charge in [0.1, 0.15) is 16.2 Å². The van der Waals surface area contributed by atoms with Crippen LogP contribution in [-0.4, -0.2) is 17.1 Å². The second kappa shape index (κ2) is 6.39. The third kappa shape index (κ3) is 3.16. The standard InChI is InChI=1S/C17H22N2OS/c1-6-7-14-18-16(12(4)17(21)19-14)15-11(3)8-10(2)9-13(15)20-5/h8-9H,6-7H2,1-5H3,(H,18,19,21). The highest BCUT2D eigenvalue weighted by Gasteiger charge is 2.15. The Balaban J connectivity index is 2.75. The van der Waals surface area contributed by atoms with E-state index in [1.807, 2.05) is 6.92 Å². The van der Waals surface area contributed by atoms with E-state index < -0.39 is 0 Å². The van der Waals surface area contributed by atoms with E-state index in [2.05, 4.69) is 42.9 Å². The van der Waals surface area contributed by atoms with E-state index >= 15 is 0 Å². The third-order valence-electron chi connectivity index (χ3n) is 3.60. The average Bonchev–Trinajstić information content (AvgIpc) is 2.42. The maximum atomic E-state index is 5.58. The highest BCUT2D eigenvalue weighted by Crippen LogP contribution is 2.35. The van der Waals surface area contributed by atoms with Crippen LogP contribution in [0.15, 0.2) is 12.1 Å². The molecule has 1 N–H and O–H groups in total. The fraction of sp³-hybridized carbons (Fsp3) is 0.412. The number of hydrogen-bond donors (Lipinski definition) is 1. The molecule has 1 aromatic carbocycles. The van der Waals surface area contributed by atoms with Crippen LogP contribution in [0.4, 0.5) is 0 Å². The summed E-state index contributed by atoms with van der Waals surface area (Å²) in [4.78, 5) is 7.92. The molecule has 0 radical (unpaired) electrons. The number of aromatic nitrogens is 2. The number of ether oxygens (including phenoxy) is 1. The first kappa shape index (κ1) is 15.7. The van der Waals surface area contributed by atoms with Gasteiger partial charge in [-0.2, -0.15) is 0 Å². The molecule has 0 aliphatic heterocycles. The smallest absolute Gasteiger partial charge is 0.133 e. The SMILES string of the molecule is CCCc1nc(=S)c(C)c(-c2c(C)cc(C)cc2OC)[nH]1. The summed E-state index contributed by atoms with van der Waals surface area (Å²) in [6.07, 6.45) is 1.93. The molecule has 1 heterocycles. The van der Waals surface area contributed by atoms with Crippen molar-refractivity contribution in [2.75, 3.05) is 7.11 Å². The molecule has 2 rings (SSSR count). The maximum absolute atomic E-state index is 5.58. The Morgan fingerprint density at radius 3 is 2.57 bits per heavy atom. The predicted molar refractivity (Wildman–Crippen MR) is 89.6 cm³/mol. The zero-order valence-electron chi connectivity index (χ0n) is 13.3. The van der Waals surface area contributed by atoms with E-state index in [-0.39, 0.29) is 0 Å². The van der Waals surface area contributed by atoms with Crippen molar-refractivity contribution >= 4 is 12.2 Å². The molecule has 0 bridgehead atoms. The van der Waals surface area contributed by atoms with Crippen molar-refractivity contribution < 1.29 is 4.74 Å². The number of H-pyrrole nitrogens is 1. The van der Waals surface area contributed by atoms with Crippen LogP contribution in [0.25, 0.3) is 11.3 Å². The zero-order chi connectivity index (χ0) is 15.6. The summed E-state index contributed by atoms with van der Waals surface area (Å²) in [5.74, 6) is 1.81. The van der Waals surface area contributed by atoms with Crippen LogP contribution in [0, 0.1) is 25.4 Å². The Kier molecular flexibility index (Phi) is 4.78. The van der Waals surface area contributed by atoms with E-state index in [1.54, 1.807) is 7.11 Å². The summed E-state index contributed by atoms with van der Waals surface area (Å²) < 4.78 is 6.24. The van der Waals surface area contributed by atoms with Crippen LogP contribution < -0.4 is 4.74 Å². The lowest BCUT2D eigenvalue weighted by molar-refractivity contribution is 0.415. The molecule has 21 heavy (non-hydrogen) atoms. The molecular weight excluding hydrogens is 280 g/mol. The number of benzene rings is 1. The number of nitrogens with one attached hydrogen (secondary N) is 1. The van der Waals surface area contributed by atoms with E-state index in [0.717, 1.165) is 41.2 Å². The monoisotopic (exact) mass is 302 g/mol. The van der Waals surface area contributed by atoms with Gasteiger partial charge in [0.15, 0.2) is 0 Å². The Labute approximate surface area is 131 Å². The zero-order valence-corrected chi connectivity index (χ0v) is 14.1. The van der Waals surface area contributed by atoms with Gasteiger partial charge in [0, 0.05) is 17.5 Å². The normalized spacial score (nSPS) is 10.7. The van der Waals surface area contributed by atoms with Gasteiger partial charge in [-0.05, 0) is 44.4 Å². The molecular formula is C17H22N2OS. The molecule has 2 aromatic rings. The summed E-state index contributed by atoms with van der Waals surface area (Å²) in [6, 6.07) is 4.21. The minimum Gasteiger partial charge on any atom is -0.496 e. The van der Waals surface area contributed by atoms with Crippen LogP contribution >= 0.6 is 12.2 Å². The van der Waals surface area contributed by atoms with Crippen LogP contribution in [-0.2, 0) is 6.42 Å². The van der Waals surface area contributed by atoms with Gasteiger partial charge in [-0.3, -0.25) is 0 Å². The van der Waals surface area contributed by atoms with E-state index in [9.17, 15) is 0 Å². The average molecular weight is 302 g/mol. The molecule has 4 heteroatoms. The van der Waals surface area contributed by atoms with Crippen LogP contribution in [0.3, 0.4) is 0 Å². The molecule has 0 saturated carbocycles. The van der Waals surface area contributed by atoms with Gasteiger partial charge < -0.3 is 9.72 Å². The van der Waals surface area contributed by atoms with Gasteiger partial charge in [-0.1, -0.05) is 25.2 Å². The summed E-state index contributed by atoms with van der Waals surface area (Å²) in [5.41, 5.74) is 5.45. The molecule has 0 spiro atoms. The van der Waals surface area contributed by atoms with Crippen LogP contribution in [0.1, 0.15) is 35.9 Å². The molecule has 0 aliphatic rings. The number of hydrogen-bond acceptors (Lipinski definition) is 3. The van der Waals surface area contributed by atoms with Gasteiger partial charge >= 0.3 is 0 Å². The first-order valence-electron chi connectivity index (χ1n) is 7.23. The summed E-state index contributed by atoms with van der Waals surface area (Å²) in [6.45, 7) is 8.32. The minimum atomic E-state index is 0.661. The highest BCUT2D eigenvalue weighted by atomic mass is 32.1. The minimum absolute atomic E-state index is 0.661. The van der Waals surface area contributed by atoms with Crippen molar-refractivity contribution in [1.29, 1.82) is 0 Å². The summed E-state index contributed by atoms with van der Waals surface area (Å²) in [5, 5.41) is 0.